The van der Waals surface area contributed by atoms with Gasteiger partial charge in [0.05, 0.1) is 0 Å². The van der Waals surface area contributed by atoms with Crippen molar-refractivity contribution in [3.05, 3.63) is 82.5 Å². The van der Waals surface area contributed by atoms with E-state index in [0.717, 1.165) is 24.3 Å². The molecule has 0 aliphatic rings. The average Bonchev–Trinajstić information content (AvgIpc) is 2.95. The highest BCUT2D eigenvalue weighted by atomic mass is 16.7. The molecular formula is C30H26O14. The van der Waals surface area contributed by atoms with E-state index >= 15 is 0 Å². The van der Waals surface area contributed by atoms with E-state index in [1.807, 2.05) is 0 Å². The van der Waals surface area contributed by atoms with Crippen LogP contribution >= 0.6 is 0 Å². The summed E-state index contributed by atoms with van der Waals surface area (Å²) in [6.07, 6.45) is -5.87. The lowest BCUT2D eigenvalue weighted by molar-refractivity contribution is -0.248. The van der Waals surface area contributed by atoms with Gasteiger partial charge in [0.15, 0.2) is 23.0 Å². The summed E-state index contributed by atoms with van der Waals surface area (Å²) < 4.78 is 21.4. The van der Waals surface area contributed by atoms with Crippen LogP contribution in [0.3, 0.4) is 0 Å². The number of rotatable bonds is 11. The number of hydrogen-bond acceptors (Lipinski definition) is 13. The molecule has 0 saturated carbocycles. The van der Waals surface area contributed by atoms with E-state index in [4.69, 9.17) is 18.6 Å². The quantitative estimate of drug-likeness (QED) is 0.0559. The fourth-order valence-electron chi connectivity index (χ4n) is 3.98. The minimum atomic E-state index is -2.44. The van der Waals surface area contributed by atoms with Crippen LogP contribution in [0.2, 0.25) is 0 Å². The summed E-state index contributed by atoms with van der Waals surface area (Å²) in [7, 11) is 0. The first-order chi connectivity index (χ1) is 20.8. The van der Waals surface area contributed by atoms with Crippen molar-refractivity contribution in [2.24, 2.45) is 0 Å². The lowest BCUT2D eigenvalue weighted by atomic mass is 10.1. The van der Waals surface area contributed by atoms with Crippen molar-refractivity contribution in [2.45, 2.75) is 31.7 Å². The highest BCUT2D eigenvalue weighted by Crippen LogP contribution is 2.32. The predicted octanol–water partition coefficient (Wildman–Crippen LogP) is 2.41. The molecule has 0 radical (unpaired) electrons. The number of carbonyl (C=O) groups is 2. The number of carbonyl (C=O) groups excluding carboxylic acids is 1. The van der Waals surface area contributed by atoms with E-state index in [2.05, 4.69) is 0 Å². The highest BCUT2D eigenvalue weighted by Gasteiger charge is 2.35. The number of fused-ring (bicyclic) bond motifs is 1. The predicted molar refractivity (Wildman–Crippen MR) is 151 cm³/mol. The normalized spacial score (nSPS) is 13.5. The smallest absolute Gasteiger partial charge is 0.336 e. The first-order valence-corrected chi connectivity index (χ1v) is 12.7. The number of carboxylic acids is 1. The Balaban J connectivity index is 1.53. The number of phenolic OH excluding ortho intramolecular Hbond substituents is 4. The van der Waals surface area contributed by atoms with Crippen LogP contribution in [0.5, 0.6) is 28.7 Å². The second-order valence-electron chi connectivity index (χ2n) is 9.36. The molecule has 0 amide bonds. The molecule has 0 fully saturated rings. The largest absolute Gasteiger partial charge is 0.508 e. The van der Waals surface area contributed by atoms with Crippen molar-refractivity contribution in [1.29, 1.82) is 0 Å². The van der Waals surface area contributed by atoms with E-state index in [9.17, 15) is 50.1 Å². The molecule has 4 rings (SSSR count). The van der Waals surface area contributed by atoms with Crippen molar-refractivity contribution in [3.8, 4) is 40.1 Å². The Bertz CT molecular complexity index is 1760. The molecule has 1 aromatic heterocycles. The molecule has 3 atom stereocenters. The Morgan fingerprint density at radius 3 is 2.23 bits per heavy atom. The van der Waals surface area contributed by atoms with Crippen LogP contribution in [-0.2, 0) is 19.1 Å². The van der Waals surface area contributed by atoms with Crippen LogP contribution < -0.4 is 10.2 Å². The second-order valence-corrected chi connectivity index (χ2v) is 9.36. The molecule has 0 aliphatic heterocycles. The topological polar surface area (TPSA) is 234 Å². The van der Waals surface area contributed by atoms with Crippen LogP contribution in [-0.4, -0.2) is 72.5 Å². The van der Waals surface area contributed by atoms with Gasteiger partial charge in [0.25, 0.3) is 6.29 Å². The van der Waals surface area contributed by atoms with Gasteiger partial charge in [-0.05, 0) is 55.0 Å². The zero-order valence-electron chi connectivity index (χ0n) is 22.7. The Kier molecular flexibility index (Phi) is 9.38. The first kappa shape index (κ1) is 31.4. The molecule has 44 heavy (non-hydrogen) atoms. The minimum absolute atomic E-state index is 0.0192. The zero-order valence-corrected chi connectivity index (χ0v) is 22.7. The van der Waals surface area contributed by atoms with Gasteiger partial charge >= 0.3 is 11.9 Å². The van der Waals surface area contributed by atoms with E-state index in [1.54, 1.807) is 0 Å². The van der Waals surface area contributed by atoms with E-state index in [-0.39, 0.29) is 34.0 Å². The maximum absolute atomic E-state index is 12.7. The Morgan fingerprint density at radius 1 is 0.886 bits per heavy atom. The molecule has 3 unspecified atom stereocenters. The van der Waals surface area contributed by atoms with Gasteiger partial charge in [-0.25, -0.2) is 9.59 Å². The molecule has 14 nitrogen and oxygen atoms in total. The molecule has 3 aromatic carbocycles. The van der Waals surface area contributed by atoms with Gasteiger partial charge in [-0.2, -0.15) is 0 Å². The van der Waals surface area contributed by atoms with Gasteiger partial charge in [0, 0.05) is 29.8 Å². The molecule has 230 valence electrons. The van der Waals surface area contributed by atoms with Crippen molar-refractivity contribution < 1.29 is 64.0 Å². The minimum Gasteiger partial charge on any atom is -0.508 e. The van der Waals surface area contributed by atoms with Gasteiger partial charge < -0.3 is 54.4 Å². The molecule has 7 N–H and O–H groups in total. The summed E-state index contributed by atoms with van der Waals surface area (Å²) in [5.41, 5.74) is -0.0558. The fourth-order valence-corrected chi connectivity index (χ4v) is 3.98. The summed E-state index contributed by atoms with van der Waals surface area (Å²) in [6, 6.07) is 12.7. The van der Waals surface area contributed by atoms with Crippen LogP contribution in [0, 0.1) is 0 Å². The Labute approximate surface area is 247 Å². The summed E-state index contributed by atoms with van der Waals surface area (Å²) in [6.45, 7) is 1.17. The Morgan fingerprint density at radius 2 is 1.59 bits per heavy atom. The van der Waals surface area contributed by atoms with E-state index < -0.39 is 53.7 Å². The molecule has 0 bridgehead atoms. The molecular weight excluding hydrogens is 584 g/mol. The molecule has 4 aromatic rings. The third-order valence-electron chi connectivity index (χ3n) is 6.09. The van der Waals surface area contributed by atoms with Crippen LogP contribution in [0.25, 0.3) is 28.4 Å². The van der Waals surface area contributed by atoms with E-state index in [1.165, 1.54) is 55.5 Å². The number of aliphatic carboxylic acids is 1. The number of benzene rings is 3. The lowest BCUT2D eigenvalue weighted by Gasteiger charge is -2.27. The van der Waals surface area contributed by atoms with E-state index in [0.29, 0.717) is 11.1 Å². The number of ether oxygens (including phenoxy) is 3. The molecule has 1 heterocycles. The maximum Gasteiger partial charge on any atom is 0.336 e. The number of aliphatic hydroxyl groups is 2. The first-order valence-electron chi connectivity index (χ1n) is 12.7. The standard InChI is InChI=1S/C30H26O14/c1-14(41-25(36)9-3-15-2-8-19(32)20(33)10-15)27(28(37)38)44-30(29(39)40)42-18-11-21(34)26-22(35)13-23(43-24(26)12-18)16-4-6-17(31)7-5-16/h2-14,27,29-34,39-40H,1H3,(H,37,38)/b9-3+. The summed E-state index contributed by atoms with van der Waals surface area (Å²) in [4.78, 5) is 36.9. The van der Waals surface area contributed by atoms with Gasteiger partial charge in [-0.3, -0.25) is 4.79 Å². The van der Waals surface area contributed by atoms with Crippen molar-refractivity contribution >= 4 is 29.0 Å². The van der Waals surface area contributed by atoms with Crippen LogP contribution in [0.4, 0.5) is 0 Å². The third-order valence-corrected chi connectivity index (χ3v) is 6.09. The number of hydrogen-bond donors (Lipinski definition) is 7. The number of aromatic hydroxyl groups is 4. The molecule has 0 saturated heterocycles. The molecule has 0 spiro atoms. The number of aliphatic hydroxyl groups excluding tert-OH is 1. The zero-order chi connectivity index (χ0) is 32.1. The third kappa shape index (κ3) is 7.43. The number of carboxylic acid groups (broad SMARTS) is 1. The second kappa shape index (κ2) is 13.2. The molecule has 0 aliphatic carbocycles. The van der Waals surface area contributed by atoms with Crippen molar-refractivity contribution in [3.63, 3.8) is 0 Å². The van der Waals surface area contributed by atoms with Gasteiger partial charge in [-0.15, -0.1) is 0 Å². The van der Waals surface area contributed by atoms with Crippen LogP contribution in [0.15, 0.2) is 76.0 Å². The van der Waals surface area contributed by atoms with Crippen LogP contribution in [0.1, 0.15) is 12.5 Å². The van der Waals surface area contributed by atoms with Gasteiger partial charge in [0.2, 0.25) is 6.29 Å². The Hall–Kier alpha value is -5.57. The molecule has 14 heteroatoms. The highest BCUT2D eigenvalue weighted by molar-refractivity contribution is 5.88. The summed E-state index contributed by atoms with van der Waals surface area (Å²) >= 11 is 0. The number of phenols is 4. The number of esters is 1. The fraction of sp³-hybridized carbons (Fsp3) is 0.167. The average molecular weight is 611 g/mol. The van der Waals surface area contributed by atoms with Gasteiger partial charge in [0.1, 0.15) is 40.1 Å². The van der Waals surface area contributed by atoms with Crippen molar-refractivity contribution in [2.75, 3.05) is 0 Å². The summed E-state index contributed by atoms with van der Waals surface area (Å²) in [5.74, 6) is -4.32. The summed E-state index contributed by atoms with van der Waals surface area (Å²) in [5, 5.41) is 68.1. The lowest BCUT2D eigenvalue weighted by Crippen LogP contribution is -2.45. The maximum atomic E-state index is 12.7. The van der Waals surface area contributed by atoms with Crippen molar-refractivity contribution in [1.82, 2.24) is 0 Å². The monoisotopic (exact) mass is 610 g/mol. The van der Waals surface area contributed by atoms with Gasteiger partial charge in [-0.1, -0.05) is 6.07 Å². The SMILES string of the molecule is CC(OC(=O)/C=C/c1ccc(O)c(O)c1)C(OC(Oc1cc(O)c2c(=O)cc(-c3ccc(O)cc3)oc2c1)C(O)O)C(=O)O.